The van der Waals surface area contributed by atoms with Gasteiger partial charge in [0.1, 0.15) is 0 Å². The highest BCUT2D eigenvalue weighted by molar-refractivity contribution is 4.91. The zero-order chi connectivity index (χ0) is 11.7. The van der Waals surface area contributed by atoms with Crippen LogP contribution in [0.3, 0.4) is 0 Å². The van der Waals surface area contributed by atoms with Gasteiger partial charge in [-0.1, -0.05) is 19.8 Å². The van der Waals surface area contributed by atoms with Crippen molar-refractivity contribution >= 4 is 0 Å². The standard InChI is InChI=1S/C15H28N2/c1-12-8-9-16-14(12)11-17-10-4-6-13-5-2-3-7-15(13)17/h12-16H,2-11H2,1H3/t12?,13-,14?,15-/m1/s1. The Morgan fingerprint density at radius 2 is 1.88 bits per heavy atom. The van der Waals surface area contributed by atoms with Gasteiger partial charge in [0.05, 0.1) is 0 Å². The van der Waals surface area contributed by atoms with E-state index >= 15 is 0 Å². The lowest BCUT2D eigenvalue weighted by molar-refractivity contribution is 0.0513. The summed E-state index contributed by atoms with van der Waals surface area (Å²) in [6.45, 7) is 6.36. The lowest BCUT2D eigenvalue weighted by Crippen LogP contribution is -2.51. The van der Waals surface area contributed by atoms with Crippen LogP contribution >= 0.6 is 0 Å². The van der Waals surface area contributed by atoms with Gasteiger partial charge in [0.25, 0.3) is 0 Å². The van der Waals surface area contributed by atoms with Crippen molar-refractivity contribution in [3.8, 4) is 0 Å². The molecule has 0 aromatic carbocycles. The first-order valence-electron chi connectivity index (χ1n) is 7.82. The summed E-state index contributed by atoms with van der Waals surface area (Å²) >= 11 is 0. The maximum absolute atomic E-state index is 3.71. The van der Waals surface area contributed by atoms with Gasteiger partial charge in [-0.15, -0.1) is 0 Å². The summed E-state index contributed by atoms with van der Waals surface area (Å²) in [4.78, 5) is 2.84. The second kappa shape index (κ2) is 5.27. The largest absolute Gasteiger partial charge is 0.312 e. The molecule has 17 heavy (non-hydrogen) atoms. The highest BCUT2D eigenvalue weighted by Gasteiger charge is 2.35. The summed E-state index contributed by atoms with van der Waals surface area (Å²) in [6.07, 6.45) is 10.3. The Bertz CT molecular complexity index is 251. The normalized spacial score (nSPS) is 43.6. The fourth-order valence-electron chi connectivity index (χ4n) is 4.35. The number of hydrogen-bond donors (Lipinski definition) is 1. The van der Waals surface area contributed by atoms with Crippen molar-refractivity contribution in [2.75, 3.05) is 19.6 Å². The van der Waals surface area contributed by atoms with Crippen LogP contribution in [0.15, 0.2) is 0 Å². The summed E-state index contributed by atoms with van der Waals surface area (Å²) < 4.78 is 0. The Labute approximate surface area is 106 Å². The summed E-state index contributed by atoms with van der Waals surface area (Å²) in [6, 6.07) is 1.71. The van der Waals surface area contributed by atoms with Gasteiger partial charge in [-0.3, -0.25) is 4.90 Å². The number of fused-ring (bicyclic) bond motifs is 1. The van der Waals surface area contributed by atoms with Crippen LogP contribution in [-0.2, 0) is 0 Å². The Balaban J connectivity index is 1.61. The monoisotopic (exact) mass is 236 g/mol. The van der Waals surface area contributed by atoms with Gasteiger partial charge >= 0.3 is 0 Å². The van der Waals surface area contributed by atoms with Crippen LogP contribution in [0.1, 0.15) is 51.9 Å². The SMILES string of the molecule is CC1CCNC1CN1CCC[C@H]2CCCC[C@H]21. The molecular formula is C15H28N2. The maximum atomic E-state index is 3.71. The van der Waals surface area contributed by atoms with Crippen molar-refractivity contribution in [3.63, 3.8) is 0 Å². The van der Waals surface area contributed by atoms with Crippen molar-refractivity contribution in [3.05, 3.63) is 0 Å². The lowest BCUT2D eigenvalue weighted by Gasteiger charge is -2.45. The van der Waals surface area contributed by atoms with E-state index in [0.717, 1.165) is 23.9 Å². The van der Waals surface area contributed by atoms with E-state index in [1.165, 1.54) is 64.6 Å². The molecule has 2 heteroatoms. The molecule has 0 amide bonds. The van der Waals surface area contributed by atoms with Crippen LogP contribution in [0.5, 0.6) is 0 Å². The maximum Gasteiger partial charge on any atom is 0.0221 e. The molecule has 0 radical (unpaired) electrons. The Morgan fingerprint density at radius 3 is 2.71 bits per heavy atom. The molecule has 2 unspecified atom stereocenters. The molecule has 1 aliphatic carbocycles. The molecule has 98 valence electrons. The summed E-state index contributed by atoms with van der Waals surface area (Å²) in [5, 5.41) is 3.71. The summed E-state index contributed by atoms with van der Waals surface area (Å²) in [5.74, 6) is 1.92. The van der Waals surface area contributed by atoms with E-state index < -0.39 is 0 Å². The minimum Gasteiger partial charge on any atom is -0.312 e. The third kappa shape index (κ3) is 2.53. The Hall–Kier alpha value is -0.0800. The number of likely N-dealkylation sites (tertiary alicyclic amines) is 1. The molecule has 3 aliphatic rings. The van der Waals surface area contributed by atoms with Gasteiger partial charge in [-0.25, -0.2) is 0 Å². The molecule has 3 fully saturated rings. The third-order valence-electron chi connectivity index (χ3n) is 5.48. The minimum absolute atomic E-state index is 0.774. The molecule has 4 atom stereocenters. The molecule has 2 nitrogen and oxygen atoms in total. The first-order valence-corrected chi connectivity index (χ1v) is 7.82. The molecule has 3 rings (SSSR count). The van der Waals surface area contributed by atoms with Crippen LogP contribution in [0.25, 0.3) is 0 Å². The van der Waals surface area contributed by atoms with E-state index in [0.29, 0.717) is 0 Å². The van der Waals surface area contributed by atoms with Gasteiger partial charge in [0.15, 0.2) is 0 Å². The van der Waals surface area contributed by atoms with Crippen molar-refractivity contribution < 1.29 is 0 Å². The molecule has 0 aromatic heterocycles. The van der Waals surface area contributed by atoms with E-state index in [4.69, 9.17) is 0 Å². The Morgan fingerprint density at radius 1 is 1.06 bits per heavy atom. The van der Waals surface area contributed by atoms with Crippen LogP contribution in [-0.4, -0.2) is 36.6 Å². The Kier molecular flexibility index (Phi) is 3.72. The highest BCUT2D eigenvalue weighted by atomic mass is 15.2. The zero-order valence-electron chi connectivity index (χ0n) is 11.3. The van der Waals surface area contributed by atoms with E-state index in [2.05, 4.69) is 17.1 Å². The van der Waals surface area contributed by atoms with Crippen LogP contribution in [0.2, 0.25) is 0 Å². The smallest absolute Gasteiger partial charge is 0.0221 e. The topological polar surface area (TPSA) is 15.3 Å². The number of piperidine rings is 1. The third-order valence-corrected chi connectivity index (χ3v) is 5.48. The second-order valence-electron chi connectivity index (χ2n) is 6.58. The van der Waals surface area contributed by atoms with E-state index in [9.17, 15) is 0 Å². The number of nitrogens with one attached hydrogen (secondary N) is 1. The van der Waals surface area contributed by atoms with Gasteiger partial charge in [-0.05, 0) is 57.0 Å². The van der Waals surface area contributed by atoms with Gasteiger partial charge in [0.2, 0.25) is 0 Å². The predicted octanol–water partition coefficient (Wildman–Crippen LogP) is 2.64. The molecule has 2 heterocycles. The average molecular weight is 236 g/mol. The highest BCUT2D eigenvalue weighted by Crippen LogP contribution is 2.35. The van der Waals surface area contributed by atoms with Gasteiger partial charge in [0, 0.05) is 18.6 Å². The van der Waals surface area contributed by atoms with Crippen LogP contribution in [0.4, 0.5) is 0 Å². The minimum atomic E-state index is 0.774. The second-order valence-corrected chi connectivity index (χ2v) is 6.58. The molecule has 0 bridgehead atoms. The molecule has 0 aromatic rings. The molecule has 2 saturated heterocycles. The quantitative estimate of drug-likeness (QED) is 0.793. The van der Waals surface area contributed by atoms with Crippen molar-refractivity contribution in [1.29, 1.82) is 0 Å². The van der Waals surface area contributed by atoms with E-state index in [1.807, 2.05) is 0 Å². The fraction of sp³-hybridized carbons (Fsp3) is 1.00. The van der Waals surface area contributed by atoms with Crippen molar-refractivity contribution in [2.45, 2.75) is 64.0 Å². The summed E-state index contributed by atoms with van der Waals surface area (Å²) in [5.41, 5.74) is 0. The fourth-order valence-corrected chi connectivity index (χ4v) is 4.35. The van der Waals surface area contributed by atoms with Crippen LogP contribution < -0.4 is 5.32 Å². The molecular weight excluding hydrogens is 208 g/mol. The number of nitrogens with zero attached hydrogens (tertiary/aromatic N) is 1. The number of rotatable bonds is 2. The molecule has 2 aliphatic heterocycles. The van der Waals surface area contributed by atoms with E-state index in [-0.39, 0.29) is 0 Å². The first kappa shape index (κ1) is 12.0. The molecule has 1 N–H and O–H groups in total. The predicted molar refractivity (Wildman–Crippen MR) is 72.1 cm³/mol. The lowest BCUT2D eigenvalue weighted by atomic mass is 9.78. The molecule has 0 spiro atoms. The average Bonchev–Trinajstić information content (AvgIpc) is 2.76. The number of hydrogen-bond acceptors (Lipinski definition) is 2. The van der Waals surface area contributed by atoms with Crippen molar-refractivity contribution in [2.24, 2.45) is 11.8 Å². The summed E-state index contributed by atoms with van der Waals surface area (Å²) in [7, 11) is 0. The molecule has 1 saturated carbocycles. The van der Waals surface area contributed by atoms with Crippen LogP contribution in [0, 0.1) is 11.8 Å². The van der Waals surface area contributed by atoms with Gasteiger partial charge < -0.3 is 5.32 Å². The zero-order valence-corrected chi connectivity index (χ0v) is 11.3. The first-order chi connectivity index (χ1) is 8.34. The van der Waals surface area contributed by atoms with Crippen molar-refractivity contribution in [1.82, 2.24) is 10.2 Å². The van der Waals surface area contributed by atoms with E-state index in [1.54, 1.807) is 0 Å². The van der Waals surface area contributed by atoms with Gasteiger partial charge in [-0.2, -0.15) is 0 Å².